The van der Waals surface area contributed by atoms with Gasteiger partial charge in [-0.3, -0.25) is 4.98 Å². The van der Waals surface area contributed by atoms with E-state index in [4.69, 9.17) is 0 Å². The summed E-state index contributed by atoms with van der Waals surface area (Å²) >= 11 is 0. The van der Waals surface area contributed by atoms with Crippen LogP contribution in [0.5, 0.6) is 0 Å². The van der Waals surface area contributed by atoms with Crippen LogP contribution in [0.3, 0.4) is 0 Å². The lowest BCUT2D eigenvalue weighted by atomic mass is 9.97. The molecule has 22 heavy (non-hydrogen) atoms. The van der Waals surface area contributed by atoms with Gasteiger partial charge in [0, 0.05) is 25.0 Å². The molecule has 0 radical (unpaired) electrons. The van der Waals surface area contributed by atoms with E-state index in [0.29, 0.717) is 6.54 Å². The summed E-state index contributed by atoms with van der Waals surface area (Å²) in [6.07, 6.45) is 3.64. The van der Waals surface area contributed by atoms with Crippen LogP contribution in [0.4, 0.5) is 4.39 Å². The Morgan fingerprint density at radius 1 is 1.23 bits per heavy atom. The van der Waals surface area contributed by atoms with E-state index in [0.717, 1.165) is 12.0 Å². The lowest BCUT2D eigenvalue weighted by Crippen LogP contribution is -2.34. The molecule has 0 amide bonds. The van der Waals surface area contributed by atoms with Crippen molar-refractivity contribution >= 4 is 10.0 Å². The van der Waals surface area contributed by atoms with Gasteiger partial charge in [-0.25, -0.2) is 12.8 Å². The van der Waals surface area contributed by atoms with Crippen molar-refractivity contribution in [2.24, 2.45) is 0 Å². The van der Waals surface area contributed by atoms with E-state index in [1.165, 1.54) is 22.6 Å². The molecule has 116 valence electrons. The van der Waals surface area contributed by atoms with Crippen LogP contribution in [-0.4, -0.2) is 30.3 Å². The fourth-order valence-corrected chi connectivity index (χ4v) is 4.60. The molecule has 0 N–H and O–H groups in total. The molecule has 1 aliphatic heterocycles. The van der Waals surface area contributed by atoms with Crippen LogP contribution in [0.1, 0.15) is 24.8 Å². The molecule has 1 aliphatic rings. The van der Waals surface area contributed by atoms with E-state index >= 15 is 0 Å². The molecule has 1 aromatic carbocycles. The number of halogens is 1. The third kappa shape index (κ3) is 2.76. The first-order valence-corrected chi connectivity index (χ1v) is 8.60. The van der Waals surface area contributed by atoms with Crippen LogP contribution in [0, 0.1) is 5.82 Å². The van der Waals surface area contributed by atoms with Crippen molar-refractivity contribution in [3.8, 4) is 0 Å². The Bertz CT molecular complexity index is 747. The fourth-order valence-electron chi connectivity index (χ4n) is 2.95. The zero-order chi connectivity index (χ0) is 15.7. The van der Waals surface area contributed by atoms with Gasteiger partial charge in [0.15, 0.2) is 0 Å². The van der Waals surface area contributed by atoms with Crippen molar-refractivity contribution in [3.63, 3.8) is 0 Å². The summed E-state index contributed by atoms with van der Waals surface area (Å²) in [6.45, 7) is 2.31. The van der Waals surface area contributed by atoms with Crippen LogP contribution in [0.25, 0.3) is 0 Å². The van der Waals surface area contributed by atoms with E-state index in [1.54, 1.807) is 30.5 Å². The maximum absolute atomic E-state index is 13.0. The standard InChI is InChI=1S/C16H17FN2O2S/c1-12-9-14(13-4-6-15(17)7-5-13)11-19(12)22(20,21)16-3-2-8-18-10-16/h2-8,10,12,14H,9,11H2,1H3/t12-,14+/m0/s1. The van der Waals surface area contributed by atoms with Crippen LogP contribution in [-0.2, 0) is 10.0 Å². The van der Waals surface area contributed by atoms with Gasteiger partial charge in [0.05, 0.1) is 0 Å². The molecule has 4 nitrogen and oxygen atoms in total. The van der Waals surface area contributed by atoms with Crippen LogP contribution in [0.2, 0.25) is 0 Å². The topological polar surface area (TPSA) is 50.3 Å². The predicted molar refractivity (Wildman–Crippen MR) is 81.3 cm³/mol. The van der Waals surface area contributed by atoms with Gasteiger partial charge in [-0.05, 0) is 49.1 Å². The highest BCUT2D eigenvalue weighted by Crippen LogP contribution is 2.35. The summed E-state index contributed by atoms with van der Waals surface area (Å²) in [6, 6.07) is 9.36. The summed E-state index contributed by atoms with van der Waals surface area (Å²) in [7, 11) is -3.54. The van der Waals surface area contributed by atoms with E-state index in [2.05, 4.69) is 4.98 Å². The number of hydrogen-bond acceptors (Lipinski definition) is 3. The molecule has 1 aromatic heterocycles. The van der Waals surface area contributed by atoms with Gasteiger partial charge in [-0.1, -0.05) is 12.1 Å². The molecule has 2 heterocycles. The molecule has 3 rings (SSSR count). The quantitative estimate of drug-likeness (QED) is 0.874. The number of benzene rings is 1. The number of sulfonamides is 1. The largest absolute Gasteiger partial charge is 0.263 e. The Hall–Kier alpha value is -1.79. The van der Waals surface area contributed by atoms with Gasteiger partial charge < -0.3 is 0 Å². The van der Waals surface area contributed by atoms with Gasteiger partial charge in [-0.15, -0.1) is 0 Å². The summed E-state index contributed by atoms with van der Waals surface area (Å²) in [5, 5.41) is 0. The number of nitrogens with zero attached hydrogens (tertiary/aromatic N) is 2. The summed E-state index contributed by atoms with van der Waals surface area (Å²) in [4.78, 5) is 4.10. The molecule has 0 spiro atoms. The Morgan fingerprint density at radius 2 is 1.95 bits per heavy atom. The molecule has 0 unspecified atom stereocenters. The maximum atomic E-state index is 13.0. The minimum atomic E-state index is -3.54. The molecule has 1 saturated heterocycles. The molecule has 0 aliphatic carbocycles. The third-order valence-corrected chi connectivity index (χ3v) is 6.06. The number of aromatic nitrogens is 1. The highest BCUT2D eigenvalue weighted by atomic mass is 32.2. The highest BCUT2D eigenvalue weighted by Gasteiger charge is 2.38. The Labute approximate surface area is 129 Å². The predicted octanol–water partition coefficient (Wildman–Crippen LogP) is 2.79. The molecule has 0 bridgehead atoms. The van der Waals surface area contributed by atoms with E-state index in [-0.39, 0.29) is 22.7 Å². The zero-order valence-corrected chi connectivity index (χ0v) is 13.0. The van der Waals surface area contributed by atoms with Crippen molar-refractivity contribution in [1.82, 2.24) is 9.29 Å². The Balaban J connectivity index is 1.86. The molecular formula is C16H17FN2O2S. The second-order valence-corrected chi connectivity index (χ2v) is 7.49. The number of pyridine rings is 1. The van der Waals surface area contributed by atoms with Gasteiger partial charge in [-0.2, -0.15) is 4.31 Å². The maximum Gasteiger partial charge on any atom is 0.244 e. The Kier molecular flexibility index (Phi) is 3.97. The van der Waals surface area contributed by atoms with Gasteiger partial charge >= 0.3 is 0 Å². The van der Waals surface area contributed by atoms with Crippen molar-refractivity contribution in [2.45, 2.75) is 30.2 Å². The molecule has 2 aromatic rings. The Morgan fingerprint density at radius 3 is 2.59 bits per heavy atom. The highest BCUT2D eigenvalue weighted by molar-refractivity contribution is 7.89. The third-order valence-electron chi connectivity index (χ3n) is 4.10. The van der Waals surface area contributed by atoms with Crippen molar-refractivity contribution in [3.05, 3.63) is 60.2 Å². The summed E-state index contributed by atoms with van der Waals surface area (Å²) < 4.78 is 39.9. The van der Waals surface area contributed by atoms with Crippen LogP contribution >= 0.6 is 0 Å². The lowest BCUT2D eigenvalue weighted by molar-refractivity contribution is 0.407. The number of hydrogen-bond donors (Lipinski definition) is 0. The van der Waals surface area contributed by atoms with Gasteiger partial charge in [0.2, 0.25) is 10.0 Å². The minimum absolute atomic E-state index is 0.0852. The van der Waals surface area contributed by atoms with Gasteiger partial charge in [0.1, 0.15) is 10.7 Å². The molecule has 2 atom stereocenters. The monoisotopic (exact) mass is 320 g/mol. The second-order valence-electron chi connectivity index (χ2n) is 5.60. The first-order valence-electron chi connectivity index (χ1n) is 7.16. The van der Waals surface area contributed by atoms with Crippen molar-refractivity contribution in [2.75, 3.05) is 6.54 Å². The van der Waals surface area contributed by atoms with E-state index in [1.807, 2.05) is 6.92 Å². The van der Waals surface area contributed by atoms with Crippen LogP contribution < -0.4 is 0 Å². The van der Waals surface area contributed by atoms with E-state index in [9.17, 15) is 12.8 Å². The van der Waals surface area contributed by atoms with Crippen molar-refractivity contribution < 1.29 is 12.8 Å². The first-order chi connectivity index (χ1) is 10.5. The SMILES string of the molecule is C[C@H]1C[C@@H](c2ccc(F)cc2)CN1S(=O)(=O)c1cccnc1. The van der Waals surface area contributed by atoms with Crippen LogP contribution in [0.15, 0.2) is 53.7 Å². The summed E-state index contributed by atoms with van der Waals surface area (Å²) in [5.41, 5.74) is 0.970. The van der Waals surface area contributed by atoms with E-state index < -0.39 is 10.0 Å². The molecular weight excluding hydrogens is 303 g/mol. The number of rotatable bonds is 3. The fraction of sp³-hybridized carbons (Fsp3) is 0.312. The minimum Gasteiger partial charge on any atom is -0.263 e. The van der Waals surface area contributed by atoms with Gasteiger partial charge in [0.25, 0.3) is 0 Å². The molecule has 6 heteroatoms. The average molecular weight is 320 g/mol. The average Bonchev–Trinajstić information content (AvgIpc) is 2.91. The summed E-state index contributed by atoms with van der Waals surface area (Å²) in [5.74, 6) is -0.198. The smallest absolute Gasteiger partial charge is 0.244 e. The van der Waals surface area contributed by atoms with Crippen molar-refractivity contribution in [1.29, 1.82) is 0 Å². The molecule has 0 saturated carbocycles. The lowest BCUT2D eigenvalue weighted by Gasteiger charge is -2.20. The zero-order valence-electron chi connectivity index (χ0n) is 12.2. The second kappa shape index (κ2) is 5.78. The molecule has 1 fully saturated rings. The first kappa shape index (κ1) is 15.1. The normalized spacial score (nSPS) is 22.8.